The monoisotopic (exact) mass is 184 g/mol. The standard InChI is InChI=1S/C8H12N2O3/c1-6-3-7(10-13-6)4-9-5-8(11)12-2/h3,9H,4-5H2,1-2H3. The summed E-state index contributed by atoms with van der Waals surface area (Å²) in [5.74, 6) is 0.468. The van der Waals surface area contributed by atoms with Crippen LogP contribution in [0.3, 0.4) is 0 Å². The summed E-state index contributed by atoms with van der Waals surface area (Å²) in [4.78, 5) is 10.7. The molecule has 1 aromatic rings. The summed E-state index contributed by atoms with van der Waals surface area (Å²) in [6.45, 7) is 2.51. The molecular weight excluding hydrogens is 172 g/mol. The normalized spacial score (nSPS) is 10.0. The van der Waals surface area contributed by atoms with Crippen molar-refractivity contribution in [2.75, 3.05) is 13.7 Å². The van der Waals surface area contributed by atoms with Crippen molar-refractivity contribution in [2.24, 2.45) is 0 Å². The number of aryl methyl sites for hydroxylation is 1. The van der Waals surface area contributed by atoms with Gasteiger partial charge in [0.25, 0.3) is 0 Å². The minimum atomic E-state index is -0.291. The number of nitrogens with one attached hydrogen (secondary N) is 1. The fourth-order valence-corrected chi connectivity index (χ4v) is 0.866. The predicted octanol–water partition coefficient (Wildman–Crippen LogP) is 0.246. The summed E-state index contributed by atoms with van der Waals surface area (Å²) in [6, 6.07) is 1.81. The lowest BCUT2D eigenvalue weighted by molar-refractivity contribution is -0.139. The van der Waals surface area contributed by atoms with Gasteiger partial charge in [-0.05, 0) is 6.92 Å². The third kappa shape index (κ3) is 3.25. The molecule has 0 bridgehead atoms. The lowest BCUT2D eigenvalue weighted by Crippen LogP contribution is -2.23. The topological polar surface area (TPSA) is 64.4 Å². The van der Waals surface area contributed by atoms with Gasteiger partial charge in [-0.1, -0.05) is 5.16 Å². The molecule has 0 aliphatic rings. The Morgan fingerprint density at radius 3 is 3.08 bits per heavy atom. The van der Waals surface area contributed by atoms with Crippen molar-refractivity contribution < 1.29 is 14.1 Å². The average molecular weight is 184 g/mol. The number of hydrogen-bond donors (Lipinski definition) is 1. The van der Waals surface area contributed by atoms with Gasteiger partial charge in [0.2, 0.25) is 0 Å². The maximum absolute atomic E-state index is 10.7. The molecule has 5 nitrogen and oxygen atoms in total. The summed E-state index contributed by atoms with van der Waals surface area (Å²) in [5.41, 5.74) is 0.779. The smallest absolute Gasteiger partial charge is 0.319 e. The largest absolute Gasteiger partial charge is 0.468 e. The number of rotatable bonds is 4. The molecule has 1 rings (SSSR count). The minimum Gasteiger partial charge on any atom is -0.468 e. The van der Waals surface area contributed by atoms with Crippen LogP contribution in [0.2, 0.25) is 0 Å². The molecule has 1 heterocycles. The van der Waals surface area contributed by atoms with E-state index in [0.717, 1.165) is 11.5 Å². The first-order chi connectivity index (χ1) is 6.22. The number of carbonyl (C=O) groups excluding carboxylic acids is 1. The second-order valence-corrected chi connectivity index (χ2v) is 2.61. The maximum atomic E-state index is 10.7. The summed E-state index contributed by atoms with van der Waals surface area (Å²) < 4.78 is 9.29. The fraction of sp³-hybridized carbons (Fsp3) is 0.500. The summed E-state index contributed by atoms with van der Waals surface area (Å²) in [6.07, 6.45) is 0. The van der Waals surface area contributed by atoms with Gasteiger partial charge in [-0.15, -0.1) is 0 Å². The molecule has 0 fully saturated rings. The van der Waals surface area contributed by atoms with Crippen molar-refractivity contribution in [3.05, 3.63) is 17.5 Å². The van der Waals surface area contributed by atoms with E-state index in [1.165, 1.54) is 7.11 Å². The Labute approximate surface area is 76.0 Å². The van der Waals surface area contributed by atoms with Crippen molar-refractivity contribution in [3.8, 4) is 0 Å². The zero-order chi connectivity index (χ0) is 9.68. The third-order valence-electron chi connectivity index (χ3n) is 1.48. The lowest BCUT2D eigenvalue weighted by atomic mass is 10.4. The van der Waals surface area contributed by atoms with Gasteiger partial charge < -0.3 is 14.6 Å². The van der Waals surface area contributed by atoms with Crippen LogP contribution in [0.25, 0.3) is 0 Å². The van der Waals surface area contributed by atoms with Gasteiger partial charge in [0.05, 0.1) is 19.3 Å². The molecule has 0 spiro atoms. The third-order valence-corrected chi connectivity index (χ3v) is 1.48. The van der Waals surface area contributed by atoms with Crippen LogP contribution >= 0.6 is 0 Å². The van der Waals surface area contributed by atoms with Crippen molar-refractivity contribution in [1.29, 1.82) is 0 Å². The molecule has 1 N–H and O–H groups in total. The zero-order valence-electron chi connectivity index (χ0n) is 7.66. The van der Waals surface area contributed by atoms with Crippen molar-refractivity contribution >= 4 is 5.97 Å². The molecule has 0 saturated carbocycles. The van der Waals surface area contributed by atoms with E-state index in [-0.39, 0.29) is 12.5 Å². The first-order valence-corrected chi connectivity index (χ1v) is 3.92. The van der Waals surface area contributed by atoms with Crippen LogP contribution in [0, 0.1) is 6.92 Å². The van der Waals surface area contributed by atoms with Crippen LogP contribution in [-0.2, 0) is 16.1 Å². The molecule has 0 radical (unpaired) electrons. The van der Waals surface area contributed by atoms with E-state index in [1.54, 1.807) is 0 Å². The lowest BCUT2D eigenvalue weighted by Gasteiger charge is -1.99. The van der Waals surface area contributed by atoms with Gasteiger partial charge >= 0.3 is 5.97 Å². The first-order valence-electron chi connectivity index (χ1n) is 3.92. The number of ether oxygens (including phenoxy) is 1. The van der Waals surface area contributed by atoms with E-state index < -0.39 is 0 Å². The second-order valence-electron chi connectivity index (χ2n) is 2.61. The highest BCUT2D eigenvalue weighted by molar-refractivity contribution is 5.71. The zero-order valence-corrected chi connectivity index (χ0v) is 7.66. The van der Waals surface area contributed by atoms with E-state index >= 15 is 0 Å². The average Bonchev–Trinajstić information content (AvgIpc) is 2.51. The number of nitrogens with zero attached hydrogens (tertiary/aromatic N) is 1. The van der Waals surface area contributed by atoms with E-state index in [9.17, 15) is 4.79 Å². The molecule has 0 unspecified atom stereocenters. The van der Waals surface area contributed by atoms with E-state index in [4.69, 9.17) is 4.52 Å². The number of esters is 1. The quantitative estimate of drug-likeness (QED) is 0.679. The number of carbonyl (C=O) groups is 1. The highest BCUT2D eigenvalue weighted by Gasteiger charge is 2.01. The molecule has 5 heteroatoms. The molecule has 0 aliphatic heterocycles. The molecule has 0 saturated heterocycles. The molecule has 1 aromatic heterocycles. The van der Waals surface area contributed by atoms with Gasteiger partial charge in [-0.2, -0.15) is 0 Å². The van der Waals surface area contributed by atoms with E-state index in [1.807, 2.05) is 13.0 Å². The Morgan fingerprint density at radius 2 is 2.54 bits per heavy atom. The number of hydrogen-bond acceptors (Lipinski definition) is 5. The number of aromatic nitrogens is 1. The van der Waals surface area contributed by atoms with E-state index in [2.05, 4.69) is 15.2 Å². The molecule has 0 atom stereocenters. The van der Waals surface area contributed by atoms with Crippen LogP contribution in [0.1, 0.15) is 11.5 Å². The van der Waals surface area contributed by atoms with Gasteiger partial charge in [0, 0.05) is 12.6 Å². The maximum Gasteiger partial charge on any atom is 0.319 e. The Kier molecular flexibility index (Phi) is 3.45. The fourth-order valence-electron chi connectivity index (χ4n) is 0.866. The second kappa shape index (κ2) is 4.61. The summed E-state index contributed by atoms with van der Waals surface area (Å²) >= 11 is 0. The molecular formula is C8H12N2O3. The summed E-state index contributed by atoms with van der Waals surface area (Å²) in [7, 11) is 1.35. The number of methoxy groups -OCH3 is 1. The minimum absolute atomic E-state index is 0.183. The summed E-state index contributed by atoms with van der Waals surface area (Å²) in [5, 5.41) is 6.62. The Hall–Kier alpha value is -1.36. The first kappa shape index (κ1) is 9.73. The molecule has 72 valence electrons. The van der Waals surface area contributed by atoms with Gasteiger partial charge in [-0.25, -0.2) is 0 Å². The predicted molar refractivity (Wildman–Crippen MR) is 45.0 cm³/mol. The molecule has 0 amide bonds. The van der Waals surface area contributed by atoms with Crippen LogP contribution in [0.15, 0.2) is 10.6 Å². The Balaban J connectivity index is 2.24. The van der Waals surface area contributed by atoms with Gasteiger partial charge in [0.1, 0.15) is 5.76 Å². The molecule has 0 aliphatic carbocycles. The van der Waals surface area contributed by atoms with Crippen molar-refractivity contribution in [3.63, 3.8) is 0 Å². The highest BCUT2D eigenvalue weighted by Crippen LogP contribution is 1.99. The highest BCUT2D eigenvalue weighted by atomic mass is 16.5. The van der Waals surface area contributed by atoms with Crippen LogP contribution < -0.4 is 5.32 Å². The Morgan fingerprint density at radius 1 is 1.77 bits per heavy atom. The van der Waals surface area contributed by atoms with Gasteiger partial charge in [0.15, 0.2) is 0 Å². The van der Waals surface area contributed by atoms with Crippen molar-refractivity contribution in [2.45, 2.75) is 13.5 Å². The van der Waals surface area contributed by atoms with Gasteiger partial charge in [-0.3, -0.25) is 4.79 Å². The van der Waals surface area contributed by atoms with Crippen molar-refractivity contribution in [1.82, 2.24) is 10.5 Å². The molecule has 0 aromatic carbocycles. The van der Waals surface area contributed by atoms with Crippen LogP contribution in [-0.4, -0.2) is 24.8 Å². The molecule has 13 heavy (non-hydrogen) atoms. The Bertz CT molecular complexity index is 283. The van der Waals surface area contributed by atoms with E-state index in [0.29, 0.717) is 6.54 Å². The SMILES string of the molecule is COC(=O)CNCc1cc(C)on1. The van der Waals surface area contributed by atoms with Crippen LogP contribution in [0.4, 0.5) is 0 Å². The van der Waals surface area contributed by atoms with Crippen LogP contribution in [0.5, 0.6) is 0 Å².